The lowest BCUT2D eigenvalue weighted by Crippen LogP contribution is -2.42. The molecule has 1 aromatic carbocycles. The molecule has 0 bridgehead atoms. The highest BCUT2D eigenvalue weighted by Gasteiger charge is 2.30. The third-order valence-corrected chi connectivity index (χ3v) is 7.73. The Morgan fingerprint density at radius 3 is 2.70 bits per heavy atom. The van der Waals surface area contributed by atoms with Gasteiger partial charge < -0.3 is 5.32 Å². The Balaban J connectivity index is 1.63. The van der Waals surface area contributed by atoms with E-state index in [0.717, 1.165) is 0 Å². The van der Waals surface area contributed by atoms with Gasteiger partial charge in [0.15, 0.2) is 5.13 Å². The second kappa shape index (κ2) is 8.45. The van der Waals surface area contributed by atoms with Gasteiger partial charge in [0.25, 0.3) is 0 Å². The van der Waals surface area contributed by atoms with Crippen molar-refractivity contribution < 1.29 is 13.2 Å². The summed E-state index contributed by atoms with van der Waals surface area (Å²) in [5.74, 6) is -0.283. The number of sulfonamides is 1. The van der Waals surface area contributed by atoms with Crippen LogP contribution in [0.3, 0.4) is 0 Å². The first-order valence-corrected chi connectivity index (χ1v) is 11.7. The van der Waals surface area contributed by atoms with Gasteiger partial charge in [-0.15, -0.1) is 11.3 Å². The molecule has 1 amide bonds. The second-order valence-electron chi connectivity index (χ2n) is 6.23. The Hall–Kier alpha value is -1.19. The normalized spacial score (nSPS) is 16.4. The number of piperidine rings is 1. The summed E-state index contributed by atoms with van der Waals surface area (Å²) >= 11 is 13.5. The maximum atomic E-state index is 12.5. The number of nitrogens with one attached hydrogen (secondary N) is 1. The van der Waals surface area contributed by atoms with Crippen molar-refractivity contribution in [2.75, 3.05) is 24.2 Å². The number of carbonyl (C=O) groups is 1. The van der Waals surface area contributed by atoms with Crippen molar-refractivity contribution in [3.63, 3.8) is 0 Å². The monoisotopic (exact) mass is 447 g/mol. The van der Waals surface area contributed by atoms with E-state index >= 15 is 0 Å². The van der Waals surface area contributed by atoms with Crippen molar-refractivity contribution in [2.45, 2.75) is 19.8 Å². The summed E-state index contributed by atoms with van der Waals surface area (Å²) in [6.45, 7) is 2.37. The molecular weight excluding hydrogens is 429 g/mol. The fourth-order valence-electron chi connectivity index (χ4n) is 2.93. The van der Waals surface area contributed by atoms with E-state index in [9.17, 15) is 13.2 Å². The van der Waals surface area contributed by atoms with Crippen LogP contribution >= 0.6 is 34.5 Å². The molecule has 0 radical (unpaired) electrons. The fourth-order valence-corrected chi connectivity index (χ4v) is 5.17. The highest BCUT2D eigenvalue weighted by Crippen LogP contribution is 2.33. The lowest BCUT2D eigenvalue weighted by molar-refractivity contribution is -0.120. The van der Waals surface area contributed by atoms with Gasteiger partial charge in [-0.25, -0.2) is 17.7 Å². The molecule has 1 aliphatic rings. The van der Waals surface area contributed by atoms with E-state index in [-0.39, 0.29) is 17.6 Å². The average molecular weight is 448 g/mol. The average Bonchev–Trinajstić information content (AvgIpc) is 3.12. The van der Waals surface area contributed by atoms with Gasteiger partial charge in [0.2, 0.25) is 15.9 Å². The van der Waals surface area contributed by atoms with Gasteiger partial charge in [-0.05, 0) is 38.0 Å². The van der Waals surface area contributed by atoms with Crippen molar-refractivity contribution >= 4 is 55.6 Å². The molecule has 27 heavy (non-hydrogen) atoms. The van der Waals surface area contributed by atoms with Crippen LogP contribution in [0.2, 0.25) is 10.0 Å². The Kier molecular flexibility index (Phi) is 6.43. The van der Waals surface area contributed by atoms with Crippen LogP contribution in [0.15, 0.2) is 23.6 Å². The Morgan fingerprint density at radius 2 is 2.04 bits per heavy atom. The summed E-state index contributed by atoms with van der Waals surface area (Å²) in [6.07, 6.45) is 1.01. The van der Waals surface area contributed by atoms with Crippen LogP contribution in [0.4, 0.5) is 5.13 Å². The molecule has 146 valence electrons. The molecule has 2 aromatic rings. The molecular formula is C17H19Cl2N3O3S2. The summed E-state index contributed by atoms with van der Waals surface area (Å²) in [7, 11) is -3.20. The van der Waals surface area contributed by atoms with Gasteiger partial charge in [-0.3, -0.25) is 4.79 Å². The predicted octanol–water partition coefficient (Wildman–Crippen LogP) is 4.12. The van der Waals surface area contributed by atoms with Crippen LogP contribution in [-0.4, -0.2) is 42.5 Å². The van der Waals surface area contributed by atoms with Crippen LogP contribution in [0.25, 0.3) is 11.3 Å². The highest BCUT2D eigenvalue weighted by atomic mass is 35.5. The van der Waals surface area contributed by atoms with Crippen molar-refractivity contribution in [3.05, 3.63) is 33.6 Å². The number of anilines is 1. The largest absolute Gasteiger partial charge is 0.302 e. The molecule has 0 unspecified atom stereocenters. The molecule has 0 spiro atoms. The lowest BCUT2D eigenvalue weighted by Gasteiger charge is -2.30. The highest BCUT2D eigenvalue weighted by molar-refractivity contribution is 7.89. The number of nitrogens with zero attached hydrogens (tertiary/aromatic N) is 2. The summed E-state index contributed by atoms with van der Waals surface area (Å²) < 4.78 is 25.3. The minimum atomic E-state index is -3.20. The van der Waals surface area contributed by atoms with E-state index in [1.165, 1.54) is 15.6 Å². The number of amides is 1. The molecule has 0 saturated carbocycles. The van der Waals surface area contributed by atoms with Gasteiger partial charge >= 0.3 is 0 Å². The van der Waals surface area contributed by atoms with E-state index < -0.39 is 10.0 Å². The summed E-state index contributed by atoms with van der Waals surface area (Å²) in [4.78, 5) is 16.9. The van der Waals surface area contributed by atoms with Crippen LogP contribution in [0.1, 0.15) is 19.8 Å². The number of hydrogen-bond donors (Lipinski definition) is 1. The number of hydrogen-bond acceptors (Lipinski definition) is 5. The van der Waals surface area contributed by atoms with Crippen LogP contribution < -0.4 is 5.32 Å². The molecule has 0 aliphatic carbocycles. The van der Waals surface area contributed by atoms with Gasteiger partial charge in [0.1, 0.15) is 0 Å². The van der Waals surface area contributed by atoms with Gasteiger partial charge in [-0.2, -0.15) is 0 Å². The zero-order valence-electron chi connectivity index (χ0n) is 14.6. The van der Waals surface area contributed by atoms with Crippen molar-refractivity contribution in [2.24, 2.45) is 5.92 Å². The zero-order valence-corrected chi connectivity index (χ0v) is 17.8. The van der Waals surface area contributed by atoms with E-state index in [1.807, 2.05) is 5.38 Å². The molecule has 2 heterocycles. The molecule has 6 nitrogen and oxygen atoms in total. The number of carbonyl (C=O) groups excluding carboxylic acids is 1. The number of halogens is 2. The van der Waals surface area contributed by atoms with Gasteiger partial charge in [-0.1, -0.05) is 23.2 Å². The Bertz CT molecular complexity index is 939. The Labute approximate surface area is 172 Å². The first-order chi connectivity index (χ1) is 12.8. The van der Waals surface area contributed by atoms with Gasteiger partial charge in [0, 0.05) is 35.0 Å². The minimum Gasteiger partial charge on any atom is -0.302 e. The summed E-state index contributed by atoms with van der Waals surface area (Å²) in [5.41, 5.74) is 1.35. The second-order valence-corrected chi connectivity index (χ2v) is 10.2. The molecule has 1 N–H and O–H groups in total. The lowest BCUT2D eigenvalue weighted by atomic mass is 9.97. The maximum absolute atomic E-state index is 12.5. The van der Waals surface area contributed by atoms with E-state index in [1.54, 1.807) is 25.1 Å². The third-order valence-electron chi connectivity index (χ3n) is 4.52. The number of benzene rings is 1. The van der Waals surface area contributed by atoms with E-state index in [4.69, 9.17) is 23.2 Å². The zero-order chi connectivity index (χ0) is 19.6. The summed E-state index contributed by atoms with van der Waals surface area (Å²) in [6, 6.07) is 5.14. The first-order valence-electron chi connectivity index (χ1n) is 8.50. The molecule has 1 saturated heterocycles. The van der Waals surface area contributed by atoms with E-state index in [0.29, 0.717) is 52.4 Å². The molecule has 0 atom stereocenters. The Morgan fingerprint density at radius 1 is 1.33 bits per heavy atom. The molecule has 10 heteroatoms. The van der Waals surface area contributed by atoms with Crippen LogP contribution in [0.5, 0.6) is 0 Å². The molecule has 3 rings (SSSR count). The topological polar surface area (TPSA) is 79.4 Å². The van der Waals surface area contributed by atoms with Gasteiger partial charge in [0.05, 0.1) is 16.5 Å². The first kappa shape index (κ1) is 20.5. The standard InChI is InChI=1S/C17H19Cl2N3O3S2/c1-2-27(24,25)22-7-5-11(6-8-22)16(23)21-17-20-15(10-26-17)13-9-12(18)3-4-14(13)19/h3-4,9-11H,2,5-8H2,1H3,(H,20,21,23). The third kappa shape index (κ3) is 4.81. The molecule has 1 fully saturated rings. The smallest absolute Gasteiger partial charge is 0.229 e. The van der Waals surface area contributed by atoms with Crippen molar-refractivity contribution in [3.8, 4) is 11.3 Å². The number of rotatable bonds is 5. The number of aromatic nitrogens is 1. The molecule has 1 aliphatic heterocycles. The fraction of sp³-hybridized carbons (Fsp3) is 0.412. The quantitative estimate of drug-likeness (QED) is 0.747. The predicted molar refractivity (Wildman–Crippen MR) is 110 cm³/mol. The van der Waals surface area contributed by atoms with Crippen molar-refractivity contribution in [1.29, 1.82) is 0 Å². The maximum Gasteiger partial charge on any atom is 0.229 e. The molecule has 1 aromatic heterocycles. The number of thiazole rings is 1. The SMILES string of the molecule is CCS(=O)(=O)N1CCC(C(=O)Nc2nc(-c3cc(Cl)ccc3Cl)cs2)CC1. The van der Waals surface area contributed by atoms with Crippen molar-refractivity contribution in [1.82, 2.24) is 9.29 Å². The minimum absolute atomic E-state index is 0.0812. The van der Waals surface area contributed by atoms with Crippen LogP contribution in [-0.2, 0) is 14.8 Å². The van der Waals surface area contributed by atoms with Crippen LogP contribution in [0, 0.1) is 5.92 Å². The van der Waals surface area contributed by atoms with E-state index in [2.05, 4.69) is 10.3 Å². The summed E-state index contributed by atoms with van der Waals surface area (Å²) in [5, 5.41) is 6.21.